The van der Waals surface area contributed by atoms with Crippen molar-refractivity contribution in [3.05, 3.63) is 17.7 Å². The molecule has 1 aromatic rings. The van der Waals surface area contributed by atoms with Crippen molar-refractivity contribution in [2.45, 2.75) is 26.3 Å². The van der Waals surface area contributed by atoms with E-state index in [0.29, 0.717) is 5.75 Å². The number of aryl methyl sites for hydroxylation is 1. The summed E-state index contributed by atoms with van der Waals surface area (Å²) in [6, 6.07) is 3.75. The molecule has 4 nitrogen and oxygen atoms in total. The quantitative estimate of drug-likeness (QED) is 0.827. The lowest BCUT2D eigenvalue weighted by Gasteiger charge is -2.27. The molecule has 0 saturated carbocycles. The standard InChI is InChI=1S/C13H21NO3/c1-9-6-10(16-4)7-11(17-5)12(9)14-13(2,3)8-15/h6-7,14-15H,8H2,1-5H3. The summed E-state index contributed by atoms with van der Waals surface area (Å²) in [4.78, 5) is 0. The van der Waals surface area contributed by atoms with Crippen LogP contribution in [0.3, 0.4) is 0 Å². The minimum atomic E-state index is -0.396. The molecule has 0 unspecified atom stereocenters. The smallest absolute Gasteiger partial charge is 0.145 e. The monoisotopic (exact) mass is 239 g/mol. The first kappa shape index (κ1) is 13.6. The van der Waals surface area contributed by atoms with Gasteiger partial charge in [0.25, 0.3) is 0 Å². The maximum atomic E-state index is 9.28. The molecule has 0 spiro atoms. The number of hydrogen-bond donors (Lipinski definition) is 2. The Hall–Kier alpha value is -1.42. The molecule has 17 heavy (non-hydrogen) atoms. The van der Waals surface area contributed by atoms with Gasteiger partial charge in [0.05, 0.1) is 32.1 Å². The van der Waals surface area contributed by atoms with E-state index in [2.05, 4.69) is 5.32 Å². The van der Waals surface area contributed by atoms with Crippen LogP contribution in [0.25, 0.3) is 0 Å². The minimum Gasteiger partial charge on any atom is -0.497 e. The molecule has 0 aliphatic rings. The summed E-state index contributed by atoms with van der Waals surface area (Å²) < 4.78 is 10.5. The van der Waals surface area contributed by atoms with Crippen LogP contribution in [0.2, 0.25) is 0 Å². The number of anilines is 1. The number of nitrogens with one attached hydrogen (secondary N) is 1. The van der Waals surface area contributed by atoms with E-state index >= 15 is 0 Å². The predicted octanol–water partition coefficient (Wildman–Crippen LogP) is 2.20. The van der Waals surface area contributed by atoms with Crippen LogP contribution < -0.4 is 14.8 Å². The van der Waals surface area contributed by atoms with Crippen LogP contribution >= 0.6 is 0 Å². The van der Waals surface area contributed by atoms with Crippen LogP contribution in [0.1, 0.15) is 19.4 Å². The molecule has 0 saturated heterocycles. The Kier molecular flexibility index (Phi) is 4.23. The van der Waals surface area contributed by atoms with Gasteiger partial charge < -0.3 is 19.9 Å². The van der Waals surface area contributed by atoms with Gasteiger partial charge in [-0.1, -0.05) is 0 Å². The number of methoxy groups -OCH3 is 2. The fourth-order valence-electron chi connectivity index (χ4n) is 1.54. The molecule has 0 aliphatic heterocycles. The van der Waals surface area contributed by atoms with Gasteiger partial charge in [0, 0.05) is 6.07 Å². The van der Waals surface area contributed by atoms with Crippen LogP contribution in [-0.2, 0) is 0 Å². The Bertz CT molecular complexity index is 388. The third-order valence-corrected chi connectivity index (χ3v) is 2.59. The fraction of sp³-hybridized carbons (Fsp3) is 0.538. The first-order valence-electron chi connectivity index (χ1n) is 5.55. The van der Waals surface area contributed by atoms with Gasteiger partial charge in [0.1, 0.15) is 11.5 Å². The Labute approximate surface area is 103 Å². The molecule has 0 radical (unpaired) electrons. The summed E-state index contributed by atoms with van der Waals surface area (Å²) >= 11 is 0. The molecule has 0 fully saturated rings. The van der Waals surface area contributed by atoms with Crippen molar-refractivity contribution in [3.8, 4) is 11.5 Å². The van der Waals surface area contributed by atoms with Crippen LogP contribution in [0.5, 0.6) is 11.5 Å². The molecule has 1 aromatic carbocycles. The Morgan fingerprint density at radius 3 is 2.35 bits per heavy atom. The fourth-order valence-corrected chi connectivity index (χ4v) is 1.54. The number of rotatable bonds is 5. The highest BCUT2D eigenvalue weighted by atomic mass is 16.5. The van der Waals surface area contributed by atoms with Crippen molar-refractivity contribution in [3.63, 3.8) is 0 Å². The minimum absolute atomic E-state index is 0.0433. The van der Waals surface area contributed by atoms with Crippen molar-refractivity contribution >= 4 is 5.69 Å². The molecule has 2 N–H and O–H groups in total. The van der Waals surface area contributed by atoms with Crippen LogP contribution in [-0.4, -0.2) is 31.5 Å². The van der Waals surface area contributed by atoms with Gasteiger partial charge in [0.2, 0.25) is 0 Å². The van der Waals surface area contributed by atoms with E-state index in [0.717, 1.165) is 17.0 Å². The zero-order valence-electron chi connectivity index (χ0n) is 11.1. The topological polar surface area (TPSA) is 50.7 Å². The third kappa shape index (κ3) is 3.27. The highest BCUT2D eigenvalue weighted by molar-refractivity contribution is 5.65. The number of aliphatic hydroxyl groups is 1. The highest BCUT2D eigenvalue weighted by Gasteiger charge is 2.19. The molecule has 0 bridgehead atoms. The van der Waals surface area contributed by atoms with Gasteiger partial charge >= 0.3 is 0 Å². The molecule has 0 aliphatic carbocycles. The largest absolute Gasteiger partial charge is 0.497 e. The Morgan fingerprint density at radius 2 is 1.88 bits per heavy atom. The van der Waals surface area contributed by atoms with Crippen molar-refractivity contribution in [2.75, 3.05) is 26.1 Å². The SMILES string of the molecule is COc1cc(C)c(NC(C)(C)CO)c(OC)c1. The van der Waals surface area contributed by atoms with E-state index < -0.39 is 5.54 Å². The summed E-state index contributed by atoms with van der Waals surface area (Å²) in [6.07, 6.45) is 0. The molecule has 0 amide bonds. The van der Waals surface area contributed by atoms with Gasteiger partial charge in [0.15, 0.2) is 0 Å². The second kappa shape index (κ2) is 5.27. The predicted molar refractivity (Wildman–Crippen MR) is 69.1 cm³/mol. The first-order chi connectivity index (χ1) is 7.93. The van der Waals surface area contributed by atoms with Gasteiger partial charge in [-0.05, 0) is 32.4 Å². The van der Waals surface area contributed by atoms with E-state index in [4.69, 9.17) is 9.47 Å². The van der Waals surface area contributed by atoms with E-state index in [1.165, 1.54) is 0 Å². The maximum absolute atomic E-state index is 9.28. The summed E-state index contributed by atoms with van der Waals surface area (Å²) in [5.41, 5.74) is 1.50. The second-order valence-corrected chi connectivity index (χ2v) is 4.69. The van der Waals surface area contributed by atoms with E-state index in [-0.39, 0.29) is 6.61 Å². The maximum Gasteiger partial charge on any atom is 0.145 e. The van der Waals surface area contributed by atoms with Crippen molar-refractivity contribution in [1.29, 1.82) is 0 Å². The van der Waals surface area contributed by atoms with E-state index in [9.17, 15) is 5.11 Å². The zero-order valence-corrected chi connectivity index (χ0v) is 11.1. The second-order valence-electron chi connectivity index (χ2n) is 4.69. The van der Waals surface area contributed by atoms with E-state index in [1.807, 2.05) is 32.9 Å². The van der Waals surface area contributed by atoms with Crippen LogP contribution in [0, 0.1) is 6.92 Å². The summed E-state index contributed by atoms with van der Waals surface area (Å²) in [5.74, 6) is 1.47. The third-order valence-electron chi connectivity index (χ3n) is 2.59. The number of aliphatic hydroxyl groups excluding tert-OH is 1. The van der Waals surface area contributed by atoms with Crippen molar-refractivity contribution in [1.82, 2.24) is 0 Å². The average Bonchev–Trinajstić information content (AvgIpc) is 2.31. The summed E-state index contributed by atoms with van der Waals surface area (Å²) in [7, 11) is 3.24. The highest BCUT2D eigenvalue weighted by Crippen LogP contribution is 2.34. The molecular formula is C13H21NO3. The van der Waals surface area contributed by atoms with Gasteiger partial charge in [-0.15, -0.1) is 0 Å². The normalized spacial score (nSPS) is 11.2. The molecular weight excluding hydrogens is 218 g/mol. The molecule has 0 aromatic heterocycles. The van der Waals surface area contributed by atoms with E-state index in [1.54, 1.807) is 14.2 Å². The first-order valence-corrected chi connectivity index (χ1v) is 5.55. The number of ether oxygens (including phenoxy) is 2. The Morgan fingerprint density at radius 1 is 1.24 bits per heavy atom. The van der Waals surface area contributed by atoms with Gasteiger partial charge in [-0.3, -0.25) is 0 Å². The zero-order chi connectivity index (χ0) is 13.1. The van der Waals surface area contributed by atoms with Gasteiger partial charge in [-0.25, -0.2) is 0 Å². The van der Waals surface area contributed by atoms with Crippen LogP contribution in [0.4, 0.5) is 5.69 Å². The molecule has 1 rings (SSSR count). The number of benzene rings is 1. The van der Waals surface area contributed by atoms with Crippen molar-refractivity contribution in [2.24, 2.45) is 0 Å². The average molecular weight is 239 g/mol. The summed E-state index contributed by atoms with van der Waals surface area (Å²) in [5, 5.41) is 12.6. The molecule has 96 valence electrons. The summed E-state index contributed by atoms with van der Waals surface area (Å²) in [6.45, 7) is 5.87. The molecule has 4 heteroatoms. The molecule has 0 atom stereocenters. The lowest BCUT2D eigenvalue weighted by Crippen LogP contribution is -2.35. The Balaban J connectivity index is 3.14. The van der Waals surface area contributed by atoms with Gasteiger partial charge in [-0.2, -0.15) is 0 Å². The molecule has 0 heterocycles. The lowest BCUT2D eigenvalue weighted by molar-refractivity contribution is 0.233. The van der Waals surface area contributed by atoms with Crippen LogP contribution in [0.15, 0.2) is 12.1 Å². The number of hydrogen-bond acceptors (Lipinski definition) is 4. The lowest BCUT2D eigenvalue weighted by atomic mass is 10.0. The van der Waals surface area contributed by atoms with Crippen molar-refractivity contribution < 1.29 is 14.6 Å².